The summed E-state index contributed by atoms with van der Waals surface area (Å²) < 4.78 is 34.0. The molecule has 0 aromatic heterocycles. The molecule has 0 radical (unpaired) electrons. The van der Waals surface area contributed by atoms with E-state index in [1.165, 1.54) is 122 Å². The van der Waals surface area contributed by atoms with Crippen molar-refractivity contribution < 1.29 is 42.1 Å². The molecule has 0 aliphatic carbocycles. The van der Waals surface area contributed by atoms with Gasteiger partial charge in [-0.25, -0.2) is 0 Å². The van der Waals surface area contributed by atoms with Gasteiger partial charge >= 0.3 is 11.9 Å². The molecule has 0 amide bonds. The summed E-state index contributed by atoms with van der Waals surface area (Å²) >= 11 is 0. The lowest BCUT2D eigenvalue weighted by Crippen LogP contribution is -2.37. The molecule has 0 aliphatic heterocycles. The van der Waals surface area contributed by atoms with Crippen LogP contribution in [0.1, 0.15) is 206 Å². The van der Waals surface area contributed by atoms with Crippen LogP contribution in [-0.2, 0) is 32.7 Å². The number of esters is 2. The quantitative estimate of drug-likeness (QED) is 0.0196. The van der Waals surface area contributed by atoms with Crippen molar-refractivity contribution in [3.05, 3.63) is 37.0 Å². The lowest BCUT2D eigenvalue weighted by molar-refractivity contribution is -0.870. The molecule has 0 saturated heterocycles. The molecule has 0 bridgehead atoms. The minimum Gasteiger partial charge on any atom is -0.756 e. The largest absolute Gasteiger partial charge is 0.756 e. The first kappa shape index (κ1) is 56.2. The van der Waals surface area contributed by atoms with Crippen molar-refractivity contribution in [2.24, 2.45) is 0 Å². The molecule has 340 valence electrons. The molecule has 0 heterocycles. The van der Waals surface area contributed by atoms with Crippen LogP contribution >= 0.6 is 7.82 Å². The fourth-order valence-corrected chi connectivity index (χ4v) is 7.28. The minimum absolute atomic E-state index is 0.0319. The van der Waals surface area contributed by atoms with Crippen molar-refractivity contribution in [2.75, 3.05) is 47.5 Å². The summed E-state index contributed by atoms with van der Waals surface area (Å²) in [6.45, 7) is 5.73. The summed E-state index contributed by atoms with van der Waals surface area (Å²) in [5.74, 6) is -0.837. The molecule has 0 aromatic carbocycles. The second kappa shape index (κ2) is 40.6. The van der Waals surface area contributed by atoms with Gasteiger partial charge in [0.15, 0.2) is 6.10 Å². The van der Waals surface area contributed by atoms with E-state index in [4.69, 9.17) is 18.5 Å². The molecule has 0 rings (SSSR count). The molecular weight excluding hydrogens is 750 g/mol. The van der Waals surface area contributed by atoms with Crippen LogP contribution in [-0.4, -0.2) is 70.0 Å². The molecule has 9 nitrogen and oxygen atoms in total. The molecule has 2 atom stereocenters. The monoisotopic (exact) mass is 840 g/mol. The van der Waals surface area contributed by atoms with Crippen molar-refractivity contribution in [3.8, 4) is 0 Å². The number of likely N-dealkylation sites (N-methyl/N-ethyl adjacent to an activating group) is 1. The molecule has 0 fully saturated rings. The van der Waals surface area contributed by atoms with Crippen LogP contribution in [0.15, 0.2) is 37.0 Å². The zero-order valence-electron chi connectivity index (χ0n) is 38.1. The van der Waals surface area contributed by atoms with Gasteiger partial charge in [0.1, 0.15) is 19.8 Å². The Hall–Kier alpha value is -1.77. The Labute approximate surface area is 357 Å². The van der Waals surface area contributed by atoms with E-state index in [1.54, 1.807) is 0 Å². The highest BCUT2D eigenvalue weighted by atomic mass is 31.2. The van der Waals surface area contributed by atoms with E-state index in [2.05, 4.69) is 37.8 Å². The van der Waals surface area contributed by atoms with Gasteiger partial charge in [-0.1, -0.05) is 166 Å². The van der Waals surface area contributed by atoms with Crippen molar-refractivity contribution >= 4 is 19.8 Å². The SMILES string of the molecule is C=CCCCCCCCCCCCCCCCC(=O)OC[C@H](COP(=O)([O-])OCC[N+](C)(C)C)OC(=O)CCCCCCCCCCC/C=C/C/C=C/CCCCC. The lowest BCUT2D eigenvalue weighted by Gasteiger charge is -2.28. The first-order valence-corrected chi connectivity index (χ1v) is 25.1. The van der Waals surface area contributed by atoms with Gasteiger partial charge in [-0.3, -0.25) is 14.2 Å². The number of quaternary nitrogens is 1. The Morgan fingerprint density at radius 1 is 0.586 bits per heavy atom. The minimum atomic E-state index is -4.63. The number of carbonyl (C=O) groups is 2. The molecule has 0 N–H and O–H groups in total. The summed E-state index contributed by atoms with van der Waals surface area (Å²) in [6.07, 6.45) is 44.8. The molecule has 58 heavy (non-hydrogen) atoms. The van der Waals surface area contributed by atoms with Crippen LogP contribution in [0.25, 0.3) is 0 Å². The molecule has 1 unspecified atom stereocenters. The maximum atomic E-state index is 12.7. The van der Waals surface area contributed by atoms with Crippen molar-refractivity contribution in [3.63, 3.8) is 0 Å². The van der Waals surface area contributed by atoms with Gasteiger partial charge in [0.05, 0.1) is 27.7 Å². The fraction of sp³-hybridized carbons (Fsp3) is 0.833. The zero-order chi connectivity index (χ0) is 42.8. The smallest absolute Gasteiger partial charge is 0.306 e. The summed E-state index contributed by atoms with van der Waals surface area (Å²) in [4.78, 5) is 37.6. The zero-order valence-corrected chi connectivity index (χ0v) is 39.0. The van der Waals surface area contributed by atoms with E-state index in [9.17, 15) is 19.0 Å². The van der Waals surface area contributed by atoms with Crippen molar-refractivity contribution in [2.45, 2.75) is 212 Å². The topological polar surface area (TPSA) is 111 Å². The predicted octanol–water partition coefficient (Wildman–Crippen LogP) is 13.1. The number of carbonyl (C=O) groups excluding carboxylic acids is 2. The van der Waals surface area contributed by atoms with Crippen LogP contribution in [0.5, 0.6) is 0 Å². The number of phosphoric acid groups is 1. The second-order valence-electron chi connectivity index (χ2n) is 17.2. The van der Waals surface area contributed by atoms with Crippen LogP contribution in [0.4, 0.5) is 0 Å². The standard InChI is InChI=1S/C48H90NO8P/c1-6-8-10-12-14-16-18-20-22-23-24-25-27-29-31-33-35-37-39-41-48(51)57-46(45-56-58(52,53)55-43-42-49(3,4)5)44-54-47(50)40-38-36-34-32-30-28-26-21-19-17-15-13-11-9-7-2/h7,14,16,20,22,46H,2,6,8-13,15,17-19,21,23-45H2,1,3-5H3/b16-14+,22-20+/t46-/m1/s1. The molecule has 0 saturated carbocycles. The van der Waals surface area contributed by atoms with Gasteiger partial charge < -0.3 is 27.9 Å². The highest BCUT2D eigenvalue weighted by molar-refractivity contribution is 7.45. The highest BCUT2D eigenvalue weighted by Gasteiger charge is 2.21. The first-order chi connectivity index (χ1) is 28.0. The molecule has 0 spiro atoms. The van der Waals surface area contributed by atoms with E-state index in [0.29, 0.717) is 17.4 Å². The predicted molar refractivity (Wildman–Crippen MR) is 241 cm³/mol. The average molecular weight is 840 g/mol. The Kier molecular flexibility index (Phi) is 39.4. The maximum Gasteiger partial charge on any atom is 0.306 e. The van der Waals surface area contributed by atoms with Gasteiger partial charge in [0.25, 0.3) is 7.82 Å². The van der Waals surface area contributed by atoms with Crippen molar-refractivity contribution in [1.82, 2.24) is 0 Å². The second-order valence-corrected chi connectivity index (χ2v) is 18.6. The normalized spacial score (nSPS) is 13.6. The number of nitrogens with zero attached hydrogens (tertiary/aromatic N) is 1. The third-order valence-corrected chi connectivity index (χ3v) is 11.2. The van der Waals surface area contributed by atoms with Crippen LogP contribution < -0.4 is 4.89 Å². The summed E-state index contributed by atoms with van der Waals surface area (Å²) in [6, 6.07) is 0. The fourth-order valence-electron chi connectivity index (χ4n) is 6.55. The van der Waals surface area contributed by atoms with Gasteiger partial charge in [-0.2, -0.15) is 0 Å². The van der Waals surface area contributed by atoms with E-state index in [-0.39, 0.29) is 32.0 Å². The molecule has 0 aromatic rings. The van der Waals surface area contributed by atoms with Crippen LogP contribution in [0.3, 0.4) is 0 Å². The Morgan fingerprint density at radius 3 is 1.48 bits per heavy atom. The Bertz CT molecular complexity index is 1070. The molecule has 0 aliphatic rings. The molecular formula is C48H90NO8P. The average Bonchev–Trinajstić information content (AvgIpc) is 3.17. The van der Waals surface area contributed by atoms with Gasteiger partial charge in [0, 0.05) is 12.8 Å². The maximum absolute atomic E-state index is 12.7. The number of rotatable bonds is 44. The summed E-state index contributed by atoms with van der Waals surface area (Å²) in [5, 5.41) is 0. The first-order valence-electron chi connectivity index (χ1n) is 23.7. The third kappa shape index (κ3) is 43.8. The van der Waals surface area contributed by atoms with Gasteiger partial charge in [0.2, 0.25) is 0 Å². The number of unbranched alkanes of at least 4 members (excludes halogenated alkanes) is 25. The van der Waals surface area contributed by atoms with Gasteiger partial charge in [-0.05, 0) is 57.8 Å². The van der Waals surface area contributed by atoms with E-state index >= 15 is 0 Å². The number of ether oxygens (including phenoxy) is 2. The number of phosphoric ester groups is 1. The number of hydrogen-bond acceptors (Lipinski definition) is 8. The van der Waals surface area contributed by atoms with Crippen molar-refractivity contribution in [1.29, 1.82) is 0 Å². The molecule has 10 heteroatoms. The van der Waals surface area contributed by atoms with E-state index in [1.807, 2.05) is 27.2 Å². The lowest BCUT2D eigenvalue weighted by atomic mass is 10.0. The third-order valence-electron chi connectivity index (χ3n) is 10.3. The highest BCUT2D eigenvalue weighted by Crippen LogP contribution is 2.38. The Morgan fingerprint density at radius 2 is 1.02 bits per heavy atom. The van der Waals surface area contributed by atoms with Crippen LogP contribution in [0.2, 0.25) is 0 Å². The summed E-state index contributed by atoms with van der Waals surface area (Å²) in [7, 11) is 1.16. The van der Waals surface area contributed by atoms with E-state index in [0.717, 1.165) is 57.8 Å². The summed E-state index contributed by atoms with van der Waals surface area (Å²) in [5.41, 5.74) is 0. The van der Waals surface area contributed by atoms with Gasteiger partial charge in [-0.15, -0.1) is 6.58 Å². The Balaban J connectivity index is 4.29. The van der Waals surface area contributed by atoms with E-state index < -0.39 is 26.5 Å². The number of hydrogen-bond donors (Lipinski definition) is 0. The number of allylic oxidation sites excluding steroid dienone is 5. The van der Waals surface area contributed by atoms with Crippen LogP contribution in [0, 0.1) is 0 Å².